The number of fused-ring (bicyclic) bond motifs is 5. The van der Waals surface area contributed by atoms with Crippen molar-refractivity contribution in [2.24, 2.45) is 39.4 Å². The van der Waals surface area contributed by atoms with Crippen molar-refractivity contribution in [3.63, 3.8) is 0 Å². The Hall–Kier alpha value is -1.38. The Morgan fingerprint density at radius 1 is 0.808 bits per heavy atom. The smallest absolute Gasteiger partial charge is 0.302 e. The average Bonchev–Trinajstić information content (AvgIpc) is 3.59. The Balaban J connectivity index is 1.28. The maximum atomic E-state index is 13.0. The molecule has 2 heterocycles. The molecule has 0 aromatic rings. The quantitative estimate of drug-likeness (QED) is 0.189. The molecule has 6 rings (SSSR count). The number of esters is 2. The Morgan fingerprint density at radius 2 is 1.48 bits per heavy atom. The molecule has 0 aromatic heterocycles. The van der Waals surface area contributed by atoms with Gasteiger partial charge in [0.15, 0.2) is 6.29 Å². The zero-order valence-corrected chi connectivity index (χ0v) is 33.0. The van der Waals surface area contributed by atoms with Crippen LogP contribution in [0.1, 0.15) is 127 Å². The van der Waals surface area contributed by atoms with Crippen LogP contribution in [0.5, 0.6) is 0 Å². The first kappa shape index (κ1) is 40.3. The number of hydrogen-bond donors (Lipinski definition) is 5. The lowest BCUT2D eigenvalue weighted by Gasteiger charge is -2.71. The van der Waals surface area contributed by atoms with E-state index in [1.807, 2.05) is 6.92 Å². The molecule has 6 fully saturated rings. The van der Waals surface area contributed by atoms with Crippen molar-refractivity contribution < 1.29 is 58.8 Å². The zero-order valence-electron chi connectivity index (χ0n) is 33.0. The number of aliphatic hydroxyl groups is 5. The molecule has 0 unspecified atom stereocenters. The third-order valence-corrected chi connectivity index (χ3v) is 16.1. The molecular weight excluding hydrogens is 672 g/mol. The van der Waals surface area contributed by atoms with E-state index in [4.69, 9.17) is 23.7 Å². The number of aliphatic hydroxyl groups excluding tert-OH is 3. The molecule has 4 aliphatic carbocycles. The average molecular weight is 739 g/mol. The van der Waals surface area contributed by atoms with Crippen molar-refractivity contribution in [3.8, 4) is 0 Å². The van der Waals surface area contributed by atoms with E-state index in [-0.39, 0.29) is 52.7 Å². The minimum atomic E-state index is -1.54. The molecule has 0 spiro atoms. The third kappa shape index (κ3) is 5.99. The van der Waals surface area contributed by atoms with Gasteiger partial charge in [-0.15, -0.1) is 0 Å². The standard InChI is InChI=1S/C40H66O12/c1-21(41)48-20-24-29(43)30(44)31(45)33(50-24)51-27-12-14-36(7)25(34(27,3)4)11-15-37(8)26(36)19-23(49-22(2)42)32-38(37,9)17-18-40(32,47)39(10)16-13-28(52-39)35(5,6)46/h23-33,43-47H,11-20H2,1-10H3/t23-,24-,25+,26-,27-,28-,29-,30+,31-,32+,33+,36+,37-,38-,39+,40-/m1/s1. The fraction of sp³-hybridized carbons (Fsp3) is 0.950. The summed E-state index contributed by atoms with van der Waals surface area (Å²) in [5, 5.41) is 56.0. The van der Waals surface area contributed by atoms with E-state index in [0.717, 1.165) is 25.7 Å². The van der Waals surface area contributed by atoms with Crippen LogP contribution in [0.25, 0.3) is 0 Å². The highest BCUT2D eigenvalue weighted by Crippen LogP contribution is 2.77. The molecule has 0 aromatic carbocycles. The largest absolute Gasteiger partial charge is 0.463 e. The molecule has 2 aliphatic heterocycles. The monoisotopic (exact) mass is 738 g/mol. The number of carbonyl (C=O) groups is 2. The summed E-state index contributed by atoms with van der Waals surface area (Å²) in [6.07, 6.45) is -1.62. The zero-order chi connectivity index (χ0) is 38.6. The minimum Gasteiger partial charge on any atom is -0.463 e. The highest BCUT2D eigenvalue weighted by atomic mass is 16.7. The molecule has 0 bridgehead atoms. The summed E-state index contributed by atoms with van der Waals surface area (Å²) in [4.78, 5) is 24.3. The van der Waals surface area contributed by atoms with E-state index in [1.165, 1.54) is 13.8 Å². The lowest BCUT2D eigenvalue weighted by molar-refractivity contribution is -0.333. The van der Waals surface area contributed by atoms with E-state index in [9.17, 15) is 35.1 Å². The summed E-state index contributed by atoms with van der Waals surface area (Å²) in [5.74, 6) is -0.915. The molecule has 52 heavy (non-hydrogen) atoms. The van der Waals surface area contributed by atoms with Crippen molar-refractivity contribution in [2.75, 3.05) is 6.61 Å². The Kier molecular flexibility index (Phi) is 10.2. The van der Waals surface area contributed by atoms with Gasteiger partial charge in [-0.3, -0.25) is 9.59 Å². The lowest BCUT2D eigenvalue weighted by atomic mass is 9.35. The fourth-order valence-electron chi connectivity index (χ4n) is 13.1. The van der Waals surface area contributed by atoms with Gasteiger partial charge in [-0.1, -0.05) is 34.6 Å². The molecule has 0 amide bonds. The molecule has 2 saturated heterocycles. The fourth-order valence-corrected chi connectivity index (χ4v) is 13.1. The van der Waals surface area contributed by atoms with Crippen molar-refractivity contribution in [1.29, 1.82) is 0 Å². The van der Waals surface area contributed by atoms with Crippen LogP contribution in [-0.2, 0) is 33.3 Å². The van der Waals surface area contributed by atoms with Crippen LogP contribution >= 0.6 is 0 Å². The second-order valence-electron chi connectivity index (χ2n) is 19.6. The van der Waals surface area contributed by atoms with Crippen LogP contribution < -0.4 is 0 Å². The van der Waals surface area contributed by atoms with Crippen molar-refractivity contribution in [1.82, 2.24) is 0 Å². The van der Waals surface area contributed by atoms with Gasteiger partial charge in [0, 0.05) is 19.8 Å². The maximum Gasteiger partial charge on any atom is 0.302 e. The van der Waals surface area contributed by atoms with Gasteiger partial charge >= 0.3 is 11.9 Å². The predicted molar refractivity (Wildman–Crippen MR) is 188 cm³/mol. The van der Waals surface area contributed by atoms with Crippen LogP contribution in [-0.4, -0.2) is 110 Å². The maximum absolute atomic E-state index is 13.0. The Morgan fingerprint density at radius 3 is 2.08 bits per heavy atom. The summed E-state index contributed by atoms with van der Waals surface area (Å²) in [6.45, 7) is 19.4. The van der Waals surface area contributed by atoms with Gasteiger partial charge in [-0.2, -0.15) is 0 Å². The number of rotatable bonds is 7. The van der Waals surface area contributed by atoms with E-state index < -0.39 is 71.1 Å². The van der Waals surface area contributed by atoms with Crippen LogP contribution in [0.2, 0.25) is 0 Å². The lowest BCUT2D eigenvalue weighted by Crippen LogP contribution is -2.70. The molecule has 12 nitrogen and oxygen atoms in total. The topological polar surface area (TPSA) is 181 Å². The van der Waals surface area contributed by atoms with E-state index >= 15 is 0 Å². The van der Waals surface area contributed by atoms with Gasteiger partial charge in [0.25, 0.3) is 0 Å². The van der Waals surface area contributed by atoms with Gasteiger partial charge in [0.1, 0.15) is 42.7 Å². The Labute approximate surface area is 309 Å². The van der Waals surface area contributed by atoms with Crippen LogP contribution in [0.3, 0.4) is 0 Å². The second-order valence-corrected chi connectivity index (χ2v) is 19.6. The van der Waals surface area contributed by atoms with Gasteiger partial charge in [-0.25, -0.2) is 0 Å². The highest BCUT2D eigenvalue weighted by molar-refractivity contribution is 5.66. The van der Waals surface area contributed by atoms with Crippen LogP contribution in [0.15, 0.2) is 0 Å². The first-order chi connectivity index (χ1) is 23.9. The Bertz CT molecular complexity index is 1380. The van der Waals surface area contributed by atoms with Crippen LogP contribution in [0.4, 0.5) is 0 Å². The first-order valence-corrected chi connectivity index (χ1v) is 19.6. The van der Waals surface area contributed by atoms with Gasteiger partial charge in [0.05, 0.1) is 23.4 Å². The van der Waals surface area contributed by atoms with Crippen molar-refractivity contribution in [3.05, 3.63) is 0 Å². The molecule has 4 saturated carbocycles. The summed E-state index contributed by atoms with van der Waals surface area (Å²) < 4.78 is 30.5. The number of carbonyl (C=O) groups excluding carboxylic acids is 2. The normalized spacial score (nSPS) is 51.6. The summed E-state index contributed by atoms with van der Waals surface area (Å²) >= 11 is 0. The molecule has 5 N–H and O–H groups in total. The second kappa shape index (κ2) is 13.1. The van der Waals surface area contributed by atoms with Crippen molar-refractivity contribution in [2.45, 2.75) is 193 Å². The predicted octanol–water partition coefficient (Wildman–Crippen LogP) is 3.79. The SMILES string of the molecule is CC(=O)OC[C@H]1O[C@@H](O[C@@H]2CC[C@]3(C)[C@H]4C[C@@H](OC(C)=O)[C@@H]5[C@@](O)([C@]6(C)CC[C@H](C(C)(C)O)O6)CC[C@@]5(C)[C@]4(C)CC[C@H]3C2(C)C)[C@H](O)[C@@H](O)[C@@H]1O. The van der Waals surface area contributed by atoms with E-state index in [1.54, 1.807) is 13.8 Å². The molecular formula is C40H66O12. The highest BCUT2D eigenvalue weighted by Gasteiger charge is 2.76. The molecule has 0 radical (unpaired) electrons. The number of hydrogen-bond acceptors (Lipinski definition) is 12. The third-order valence-electron chi connectivity index (χ3n) is 16.1. The van der Waals surface area contributed by atoms with E-state index in [0.29, 0.717) is 32.1 Å². The summed E-state index contributed by atoms with van der Waals surface area (Å²) in [7, 11) is 0. The first-order valence-electron chi connectivity index (χ1n) is 19.6. The van der Waals surface area contributed by atoms with Gasteiger partial charge in [0.2, 0.25) is 0 Å². The molecule has 12 heteroatoms. The molecule has 6 aliphatic rings. The van der Waals surface area contributed by atoms with Gasteiger partial charge in [-0.05, 0) is 112 Å². The summed E-state index contributed by atoms with van der Waals surface area (Å²) in [6, 6.07) is 0. The minimum absolute atomic E-state index is 0.162. The van der Waals surface area contributed by atoms with Crippen LogP contribution in [0, 0.1) is 39.4 Å². The van der Waals surface area contributed by atoms with Gasteiger partial charge < -0.3 is 49.2 Å². The van der Waals surface area contributed by atoms with E-state index in [2.05, 4.69) is 34.6 Å². The summed E-state index contributed by atoms with van der Waals surface area (Å²) in [5.41, 5.74) is -4.35. The number of ether oxygens (including phenoxy) is 5. The molecule has 16 atom stereocenters. The molecule has 298 valence electrons. The van der Waals surface area contributed by atoms with Crippen molar-refractivity contribution >= 4 is 11.9 Å².